The van der Waals surface area contributed by atoms with Gasteiger partial charge in [-0.15, -0.1) is 0 Å². The Morgan fingerprint density at radius 3 is 2.91 bits per heavy atom. The van der Waals surface area contributed by atoms with Gasteiger partial charge in [-0.2, -0.15) is 4.98 Å². The van der Waals surface area contributed by atoms with E-state index in [1.54, 1.807) is 18.6 Å². The van der Waals surface area contributed by atoms with Crippen molar-refractivity contribution in [2.75, 3.05) is 13.1 Å². The van der Waals surface area contributed by atoms with E-state index in [4.69, 9.17) is 4.52 Å². The van der Waals surface area contributed by atoms with Gasteiger partial charge in [-0.25, -0.2) is 4.98 Å². The quantitative estimate of drug-likeness (QED) is 0.738. The molecule has 4 rings (SSSR count). The zero-order valence-electron chi connectivity index (χ0n) is 12.7. The van der Waals surface area contributed by atoms with Gasteiger partial charge in [0.2, 0.25) is 11.7 Å². The van der Waals surface area contributed by atoms with Crippen LogP contribution in [0.15, 0.2) is 53.4 Å². The summed E-state index contributed by atoms with van der Waals surface area (Å²) in [6.07, 6.45) is 5.94. The number of hydrogen-bond donors (Lipinski definition) is 0. The molecule has 1 aromatic carbocycles. The lowest BCUT2D eigenvalue weighted by Gasteiger charge is -2.14. The first-order chi connectivity index (χ1) is 11.4. The van der Waals surface area contributed by atoms with E-state index < -0.39 is 0 Å². The van der Waals surface area contributed by atoms with Crippen LogP contribution in [0, 0.1) is 0 Å². The lowest BCUT2D eigenvalue weighted by molar-refractivity contribution is 0.309. The van der Waals surface area contributed by atoms with Crippen LogP contribution in [0.5, 0.6) is 0 Å². The highest BCUT2D eigenvalue weighted by Crippen LogP contribution is 2.28. The molecule has 1 atom stereocenters. The Morgan fingerprint density at radius 2 is 2.09 bits per heavy atom. The summed E-state index contributed by atoms with van der Waals surface area (Å²) in [5.41, 5.74) is 1.97. The molecule has 0 aliphatic carbocycles. The predicted molar refractivity (Wildman–Crippen MR) is 84.4 cm³/mol. The van der Waals surface area contributed by atoms with E-state index in [2.05, 4.69) is 49.3 Å². The molecule has 1 saturated heterocycles. The highest BCUT2D eigenvalue weighted by molar-refractivity contribution is 5.45. The summed E-state index contributed by atoms with van der Waals surface area (Å²) < 4.78 is 5.45. The van der Waals surface area contributed by atoms with Crippen LogP contribution in [-0.4, -0.2) is 38.1 Å². The maximum Gasteiger partial charge on any atom is 0.231 e. The number of aromatic nitrogens is 4. The second-order valence-corrected chi connectivity index (χ2v) is 5.75. The highest BCUT2D eigenvalue weighted by atomic mass is 16.5. The Hall–Kier alpha value is -2.60. The molecule has 6 heteroatoms. The first-order valence-corrected chi connectivity index (χ1v) is 7.75. The van der Waals surface area contributed by atoms with E-state index in [0.717, 1.165) is 26.1 Å². The van der Waals surface area contributed by atoms with Crippen molar-refractivity contribution in [3.05, 3.63) is 60.4 Å². The molecular formula is C17H17N5O. The third kappa shape index (κ3) is 3.12. The fourth-order valence-corrected chi connectivity index (χ4v) is 2.94. The zero-order valence-corrected chi connectivity index (χ0v) is 12.7. The lowest BCUT2D eigenvalue weighted by atomic mass is 10.1. The number of likely N-dealkylation sites (tertiary alicyclic amines) is 1. The van der Waals surface area contributed by atoms with Gasteiger partial charge in [-0.3, -0.25) is 9.88 Å². The average Bonchev–Trinajstić information content (AvgIpc) is 3.26. The van der Waals surface area contributed by atoms with Gasteiger partial charge >= 0.3 is 0 Å². The van der Waals surface area contributed by atoms with E-state index in [-0.39, 0.29) is 5.92 Å². The van der Waals surface area contributed by atoms with Crippen LogP contribution >= 0.6 is 0 Å². The molecule has 1 aliphatic rings. The van der Waals surface area contributed by atoms with Crippen molar-refractivity contribution in [1.82, 2.24) is 25.0 Å². The third-order valence-electron chi connectivity index (χ3n) is 4.10. The van der Waals surface area contributed by atoms with Gasteiger partial charge in [0.05, 0.1) is 12.1 Å². The minimum atomic E-state index is 0.289. The van der Waals surface area contributed by atoms with Gasteiger partial charge in [0.25, 0.3) is 0 Å². The standard InChI is InChI=1S/C17H17N5O/c1-2-4-13(5-3-1)11-22-9-6-14(12-22)17-20-16(21-23-17)15-10-18-7-8-19-15/h1-5,7-8,10,14H,6,9,11-12H2/t14-/m0/s1. The first-order valence-electron chi connectivity index (χ1n) is 7.75. The van der Waals surface area contributed by atoms with Gasteiger partial charge in [-0.1, -0.05) is 35.5 Å². The molecule has 2 aromatic heterocycles. The van der Waals surface area contributed by atoms with Gasteiger partial charge in [0, 0.05) is 25.5 Å². The minimum Gasteiger partial charge on any atom is -0.339 e. The molecular weight excluding hydrogens is 290 g/mol. The van der Waals surface area contributed by atoms with E-state index >= 15 is 0 Å². The van der Waals surface area contributed by atoms with Gasteiger partial charge in [0.1, 0.15) is 5.69 Å². The Labute approximate surface area is 134 Å². The second-order valence-electron chi connectivity index (χ2n) is 5.75. The second kappa shape index (κ2) is 6.26. The summed E-state index contributed by atoms with van der Waals surface area (Å²) in [4.78, 5) is 15.2. The Kier molecular flexibility index (Phi) is 3.81. The summed E-state index contributed by atoms with van der Waals surface area (Å²) in [5.74, 6) is 1.49. The lowest BCUT2D eigenvalue weighted by Crippen LogP contribution is -2.19. The van der Waals surface area contributed by atoms with Gasteiger partial charge in [-0.05, 0) is 18.5 Å². The molecule has 116 valence electrons. The third-order valence-corrected chi connectivity index (χ3v) is 4.10. The zero-order chi connectivity index (χ0) is 15.5. The topological polar surface area (TPSA) is 67.9 Å². The average molecular weight is 307 g/mol. The molecule has 1 aliphatic heterocycles. The largest absolute Gasteiger partial charge is 0.339 e. The van der Waals surface area contributed by atoms with Crippen LogP contribution in [0.25, 0.3) is 11.5 Å². The van der Waals surface area contributed by atoms with E-state index in [1.165, 1.54) is 5.56 Å². The molecule has 1 fully saturated rings. The van der Waals surface area contributed by atoms with Crippen molar-refractivity contribution in [3.63, 3.8) is 0 Å². The molecule has 6 nitrogen and oxygen atoms in total. The Bertz CT molecular complexity index is 759. The molecule has 0 unspecified atom stereocenters. The predicted octanol–water partition coefficient (Wildman–Crippen LogP) is 2.52. The van der Waals surface area contributed by atoms with Crippen molar-refractivity contribution in [2.45, 2.75) is 18.9 Å². The summed E-state index contributed by atoms with van der Waals surface area (Å²) in [5, 5.41) is 4.03. The van der Waals surface area contributed by atoms with Crippen molar-refractivity contribution in [1.29, 1.82) is 0 Å². The minimum absolute atomic E-state index is 0.289. The van der Waals surface area contributed by atoms with Crippen LogP contribution in [-0.2, 0) is 6.54 Å². The fraction of sp³-hybridized carbons (Fsp3) is 0.294. The van der Waals surface area contributed by atoms with Crippen molar-refractivity contribution in [2.24, 2.45) is 0 Å². The summed E-state index contributed by atoms with van der Waals surface area (Å²) in [6, 6.07) is 10.5. The SMILES string of the molecule is c1ccc(CN2CC[C@H](c3nc(-c4cnccn4)no3)C2)cc1. The summed E-state index contributed by atoms with van der Waals surface area (Å²) in [7, 11) is 0. The van der Waals surface area contributed by atoms with Crippen LogP contribution in [0.4, 0.5) is 0 Å². The monoisotopic (exact) mass is 307 g/mol. The smallest absolute Gasteiger partial charge is 0.231 e. The van der Waals surface area contributed by atoms with Crippen molar-refractivity contribution >= 4 is 0 Å². The Morgan fingerprint density at radius 1 is 1.17 bits per heavy atom. The Balaban J connectivity index is 1.43. The summed E-state index contributed by atoms with van der Waals surface area (Å²) in [6.45, 7) is 2.95. The van der Waals surface area contributed by atoms with E-state index in [1.807, 2.05) is 6.07 Å². The molecule has 23 heavy (non-hydrogen) atoms. The fourth-order valence-electron chi connectivity index (χ4n) is 2.94. The molecule has 0 radical (unpaired) electrons. The maximum absolute atomic E-state index is 5.45. The molecule has 0 amide bonds. The first kappa shape index (κ1) is 14.0. The van der Waals surface area contributed by atoms with Crippen LogP contribution in [0.3, 0.4) is 0 Å². The number of nitrogens with zero attached hydrogens (tertiary/aromatic N) is 5. The molecule has 0 spiro atoms. The van der Waals surface area contributed by atoms with E-state index in [0.29, 0.717) is 17.4 Å². The number of rotatable bonds is 4. The maximum atomic E-state index is 5.45. The van der Waals surface area contributed by atoms with E-state index in [9.17, 15) is 0 Å². The molecule has 0 saturated carbocycles. The normalized spacial score (nSPS) is 18.3. The van der Waals surface area contributed by atoms with Gasteiger partial charge in [0.15, 0.2) is 0 Å². The summed E-state index contributed by atoms with van der Waals surface area (Å²) >= 11 is 0. The molecule has 3 aromatic rings. The van der Waals surface area contributed by atoms with Crippen LogP contribution in [0.1, 0.15) is 23.8 Å². The van der Waals surface area contributed by atoms with Crippen LogP contribution < -0.4 is 0 Å². The van der Waals surface area contributed by atoms with Gasteiger partial charge < -0.3 is 4.52 Å². The number of benzene rings is 1. The molecule has 0 N–H and O–H groups in total. The number of hydrogen-bond acceptors (Lipinski definition) is 6. The van der Waals surface area contributed by atoms with Crippen LogP contribution in [0.2, 0.25) is 0 Å². The van der Waals surface area contributed by atoms with Crippen molar-refractivity contribution < 1.29 is 4.52 Å². The molecule has 3 heterocycles. The highest BCUT2D eigenvalue weighted by Gasteiger charge is 2.28. The molecule has 0 bridgehead atoms. The van der Waals surface area contributed by atoms with Crippen molar-refractivity contribution in [3.8, 4) is 11.5 Å².